The molecule has 0 atom stereocenters. The first-order chi connectivity index (χ1) is 12.8. The number of amidine groups is 1. The summed E-state index contributed by atoms with van der Waals surface area (Å²) in [6.07, 6.45) is -0.0307. The first kappa shape index (κ1) is 18.6. The maximum absolute atomic E-state index is 12.0. The smallest absolute Gasteiger partial charge is 0.273 e. The Bertz CT molecular complexity index is 1040. The third kappa shape index (κ3) is 4.00. The molecular weight excluding hydrogens is 372 g/mol. The Balaban J connectivity index is 1.54. The molecule has 2 heterocycles. The van der Waals surface area contributed by atoms with Crippen LogP contribution in [0.3, 0.4) is 0 Å². The minimum Gasteiger partial charge on any atom is -0.466 e. The van der Waals surface area contributed by atoms with Gasteiger partial charge in [0.05, 0.1) is 17.0 Å². The Morgan fingerprint density at radius 3 is 2.63 bits per heavy atom. The van der Waals surface area contributed by atoms with Gasteiger partial charge in [-0.15, -0.1) is 0 Å². The van der Waals surface area contributed by atoms with E-state index < -0.39 is 21.8 Å². The summed E-state index contributed by atoms with van der Waals surface area (Å²) >= 11 is 0. The second-order valence-electron chi connectivity index (χ2n) is 5.91. The topological polar surface area (TPSA) is 130 Å². The number of benzene rings is 1. The summed E-state index contributed by atoms with van der Waals surface area (Å²) in [4.78, 5) is 28.1. The highest BCUT2D eigenvalue weighted by Gasteiger charge is 2.29. The van der Waals surface area contributed by atoms with Crippen molar-refractivity contribution in [3.8, 4) is 0 Å². The van der Waals surface area contributed by atoms with Gasteiger partial charge in [-0.1, -0.05) is 12.1 Å². The molecular formula is C17H18N4O5S. The highest BCUT2D eigenvalue weighted by atomic mass is 32.2. The number of amides is 2. The van der Waals surface area contributed by atoms with Crippen molar-refractivity contribution in [2.45, 2.75) is 25.2 Å². The van der Waals surface area contributed by atoms with Gasteiger partial charge >= 0.3 is 0 Å². The molecule has 27 heavy (non-hydrogen) atoms. The van der Waals surface area contributed by atoms with E-state index in [1.807, 2.05) is 0 Å². The number of furan rings is 1. The van der Waals surface area contributed by atoms with Crippen LogP contribution in [0.5, 0.6) is 0 Å². The molecule has 0 aliphatic carbocycles. The number of sulfonamides is 1. The van der Waals surface area contributed by atoms with Crippen LogP contribution < -0.4 is 15.6 Å². The predicted molar refractivity (Wildman–Crippen MR) is 96.6 cm³/mol. The van der Waals surface area contributed by atoms with Crippen molar-refractivity contribution in [3.63, 3.8) is 0 Å². The van der Waals surface area contributed by atoms with Crippen molar-refractivity contribution >= 4 is 27.7 Å². The van der Waals surface area contributed by atoms with Crippen LogP contribution in [0.15, 0.2) is 44.6 Å². The van der Waals surface area contributed by atoms with Crippen molar-refractivity contribution < 1.29 is 22.4 Å². The van der Waals surface area contributed by atoms with E-state index in [4.69, 9.17) is 4.42 Å². The van der Waals surface area contributed by atoms with Crippen molar-refractivity contribution in [2.75, 3.05) is 6.54 Å². The lowest BCUT2D eigenvalue weighted by Gasteiger charge is -2.06. The second-order valence-corrected chi connectivity index (χ2v) is 7.56. The molecule has 0 fully saturated rings. The summed E-state index contributed by atoms with van der Waals surface area (Å²) in [5.74, 6) is 0.310. The maximum atomic E-state index is 12.0. The molecule has 1 aliphatic heterocycles. The van der Waals surface area contributed by atoms with Crippen LogP contribution in [-0.2, 0) is 14.8 Å². The Morgan fingerprint density at radius 1 is 1.19 bits per heavy atom. The van der Waals surface area contributed by atoms with Gasteiger partial charge in [-0.25, -0.2) is 8.42 Å². The number of aliphatic imine (C=N–C) groups is 1. The van der Waals surface area contributed by atoms with Gasteiger partial charge < -0.3 is 4.42 Å². The lowest BCUT2D eigenvalue weighted by Crippen LogP contribution is -2.41. The number of hydrogen-bond acceptors (Lipinski definition) is 6. The number of fused-ring (bicyclic) bond motifs is 1. The zero-order chi connectivity index (χ0) is 19.6. The lowest BCUT2D eigenvalue weighted by molar-refractivity contribution is -0.121. The van der Waals surface area contributed by atoms with Gasteiger partial charge in [0.15, 0.2) is 0 Å². The molecule has 1 aromatic heterocycles. The molecule has 2 aromatic rings. The molecule has 0 saturated carbocycles. The molecule has 9 nitrogen and oxygen atoms in total. The van der Waals surface area contributed by atoms with Gasteiger partial charge in [-0.2, -0.15) is 0 Å². The van der Waals surface area contributed by atoms with E-state index in [-0.39, 0.29) is 23.7 Å². The average molecular weight is 390 g/mol. The number of nitrogens with zero attached hydrogens (tertiary/aromatic N) is 1. The standard InChI is InChI=1S/C17H18N4O5S/c1-10-9-13(11(2)26-10)17(23)20-19-15(22)7-8-18-16-12-5-3-4-6-14(12)27(24,25)21-16/h3-6,9H,7-8H2,1-2H3,(H,18,21)(H,19,22)(H,20,23). The fraction of sp³-hybridized carbons (Fsp3) is 0.235. The number of hydrazine groups is 1. The summed E-state index contributed by atoms with van der Waals surface area (Å²) in [5, 5.41) is 0. The Labute approximate surface area is 155 Å². The minimum absolute atomic E-state index is 0.0307. The number of aryl methyl sites for hydroxylation is 2. The Morgan fingerprint density at radius 2 is 1.93 bits per heavy atom. The molecule has 0 bridgehead atoms. The highest BCUT2D eigenvalue weighted by Crippen LogP contribution is 2.22. The number of hydrogen-bond donors (Lipinski definition) is 3. The Hall–Kier alpha value is -3.14. The largest absolute Gasteiger partial charge is 0.466 e. The lowest BCUT2D eigenvalue weighted by atomic mass is 10.2. The van der Waals surface area contributed by atoms with E-state index in [0.29, 0.717) is 22.6 Å². The quantitative estimate of drug-likeness (QED) is 0.665. The average Bonchev–Trinajstić information content (AvgIpc) is 3.09. The van der Waals surface area contributed by atoms with Crippen LogP contribution in [0.2, 0.25) is 0 Å². The van der Waals surface area contributed by atoms with E-state index in [1.54, 1.807) is 38.1 Å². The van der Waals surface area contributed by atoms with Crippen LogP contribution in [0.25, 0.3) is 0 Å². The van der Waals surface area contributed by atoms with Gasteiger partial charge in [0.25, 0.3) is 15.9 Å². The van der Waals surface area contributed by atoms with E-state index in [9.17, 15) is 18.0 Å². The predicted octanol–water partition coefficient (Wildman–Crippen LogP) is 0.786. The third-order valence-electron chi connectivity index (χ3n) is 3.87. The first-order valence-electron chi connectivity index (χ1n) is 8.11. The summed E-state index contributed by atoms with van der Waals surface area (Å²) in [5.41, 5.74) is 5.40. The van der Waals surface area contributed by atoms with Gasteiger partial charge in [0.2, 0.25) is 5.91 Å². The van der Waals surface area contributed by atoms with Gasteiger partial charge in [-0.3, -0.25) is 30.2 Å². The molecule has 3 rings (SSSR count). The van der Waals surface area contributed by atoms with E-state index >= 15 is 0 Å². The first-order valence-corrected chi connectivity index (χ1v) is 9.59. The van der Waals surface area contributed by atoms with Crippen molar-refractivity contribution in [1.82, 2.24) is 15.6 Å². The molecule has 142 valence electrons. The maximum Gasteiger partial charge on any atom is 0.273 e. The molecule has 1 aliphatic rings. The molecule has 0 radical (unpaired) electrons. The summed E-state index contributed by atoms with van der Waals surface area (Å²) in [6.45, 7) is 3.43. The van der Waals surface area contributed by atoms with Crippen molar-refractivity contribution in [3.05, 3.63) is 53.0 Å². The summed E-state index contributed by atoms with van der Waals surface area (Å²) < 4.78 is 31.6. The fourth-order valence-electron chi connectivity index (χ4n) is 2.63. The van der Waals surface area contributed by atoms with Crippen LogP contribution in [0, 0.1) is 13.8 Å². The van der Waals surface area contributed by atoms with Crippen molar-refractivity contribution in [1.29, 1.82) is 0 Å². The number of nitrogens with one attached hydrogen (secondary N) is 3. The summed E-state index contributed by atoms with van der Waals surface area (Å²) in [7, 11) is -3.61. The molecule has 10 heteroatoms. The molecule has 2 amide bonds. The van der Waals surface area contributed by atoms with Crippen molar-refractivity contribution in [2.24, 2.45) is 4.99 Å². The molecule has 3 N–H and O–H groups in total. The Kier molecular flexibility index (Phi) is 5.00. The van der Waals surface area contributed by atoms with Crippen LogP contribution in [-0.4, -0.2) is 32.6 Å². The second kappa shape index (κ2) is 7.23. The summed E-state index contributed by atoms with van der Waals surface area (Å²) in [6, 6.07) is 8.04. The molecule has 0 unspecified atom stereocenters. The van der Waals surface area contributed by atoms with Gasteiger partial charge in [0, 0.05) is 12.0 Å². The van der Waals surface area contributed by atoms with Gasteiger partial charge in [-0.05, 0) is 32.0 Å². The van der Waals surface area contributed by atoms with E-state index in [0.717, 1.165) is 0 Å². The molecule has 1 aromatic carbocycles. The highest BCUT2D eigenvalue weighted by molar-refractivity contribution is 7.90. The number of rotatable bonds is 4. The van der Waals surface area contributed by atoms with E-state index in [2.05, 4.69) is 20.6 Å². The van der Waals surface area contributed by atoms with Crippen LogP contribution in [0.1, 0.15) is 33.9 Å². The van der Waals surface area contributed by atoms with Crippen LogP contribution >= 0.6 is 0 Å². The third-order valence-corrected chi connectivity index (χ3v) is 5.27. The molecule has 0 spiro atoms. The fourth-order valence-corrected chi connectivity index (χ4v) is 3.88. The normalized spacial score (nSPS) is 15.9. The SMILES string of the molecule is Cc1cc(C(=O)NNC(=O)CCN=C2NS(=O)(=O)c3ccccc32)c(C)o1. The van der Waals surface area contributed by atoms with E-state index in [1.165, 1.54) is 6.07 Å². The zero-order valence-corrected chi connectivity index (χ0v) is 15.5. The number of carbonyl (C=O) groups is 2. The molecule has 0 saturated heterocycles. The monoisotopic (exact) mass is 390 g/mol. The number of carbonyl (C=O) groups excluding carboxylic acids is 2. The minimum atomic E-state index is -3.61. The van der Waals surface area contributed by atoms with Gasteiger partial charge in [0.1, 0.15) is 17.4 Å². The zero-order valence-electron chi connectivity index (χ0n) is 14.7. The van der Waals surface area contributed by atoms with Crippen LogP contribution in [0.4, 0.5) is 0 Å².